The lowest BCUT2D eigenvalue weighted by atomic mass is 10.2. The molecule has 0 saturated carbocycles. The molecule has 0 unspecified atom stereocenters. The van der Waals surface area contributed by atoms with Gasteiger partial charge in [-0.15, -0.1) is 0 Å². The first-order chi connectivity index (χ1) is 8.51. The van der Waals surface area contributed by atoms with E-state index in [4.69, 9.17) is 5.26 Å². The van der Waals surface area contributed by atoms with E-state index in [0.29, 0.717) is 12.6 Å². The molecule has 18 heavy (non-hydrogen) atoms. The van der Waals surface area contributed by atoms with Crippen molar-refractivity contribution >= 4 is 11.4 Å². The van der Waals surface area contributed by atoms with Crippen LogP contribution in [-0.2, 0) is 0 Å². The quantitative estimate of drug-likeness (QED) is 0.599. The van der Waals surface area contributed by atoms with Gasteiger partial charge in [0, 0.05) is 25.2 Å². The van der Waals surface area contributed by atoms with Gasteiger partial charge < -0.3 is 4.90 Å². The molecule has 1 rings (SSSR count). The number of hydrogen-bond donors (Lipinski definition) is 0. The van der Waals surface area contributed by atoms with Crippen LogP contribution in [0.1, 0.15) is 13.3 Å². The Morgan fingerprint density at radius 2 is 2.17 bits per heavy atom. The number of benzene rings is 1. The lowest BCUT2D eigenvalue weighted by molar-refractivity contribution is -0.386. The van der Waals surface area contributed by atoms with Crippen LogP contribution in [0, 0.1) is 33.1 Å². The number of nitriles is 1. The van der Waals surface area contributed by atoms with Gasteiger partial charge in [0.15, 0.2) is 0 Å². The number of rotatable bonds is 5. The number of hydrogen-bond acceptors (Lipinski definition) is 4. The maximum Gasteiger partial charge on any atom is 0.328 e. The molecule has 1 aromatic rings. The molecule has 0 aliphatic heterocycles. The standard InChI is InChI=1S/C11H11F2N3O2/c1-2-15(5-3-4-14)10-7-8(12)6-9(13)11(10)16(17)18/h6-7H,2-3,5H2,1H3. The molecule has 0 aromatic heterocycles. The minimum absolute atomic E-state index is 0.114. The molecule has 0 amide bonds. The number of halogens is 2. The highest BCUT2D eigenvalue weighted by Crippen LogP contribution is 2.32. The molecular formula is C11H11F2N3O2. The Balaban J connectivity index is 3.27. The molecule has 0 heterocycles. The van der Waals surface area contributed by atoms with Gasteiger partial charge in [-0.25, -0.2) is 4.39 Å². The molecular weight excluding hydrogens is 244 g/mol. The Labute approximate surface area is 102 Å². The highest BCUT2D eigenvalue weighted by Gasteiger charge is 2.25. The Morgan fingerprint density at radius 1 is 1.50 bits per heavy atom. The van der Waals surface area contributed by atoms with E-state index >= 15 is 0 Å². The highest BCUT2D eigenvalue weighted by molar-refractivity contribution is 5.64. The van der Waals surface area contributed by atoms with Gasteiger partial charge in [0.1, 0.15) is 11.5 Å². The largest absolute Gasteiger partial charge is 0.365 e. The van der Waals surface area contributed by atoms with Crippen LogP contribution in [0.5, 0.6) is 0 Å². The highest BCUT2D eigenvalue weighted by atomic mass is 19.1. The van der Waals surface area contributed by atoms with E-state index < -0.39 is 22.2 Å². The van der Waals surface area contributed by atoms with Crippen LogP contribution in [-0.4, -0.2) is 18.0 Å². The first-order valence-electron chi connectivity index (χ1n) is 5.26. The predicted octanol–water partition coefficient (Wildman–Crippen LogP) is 2.61. The molecule has 0 saturated heterocycles. The van der Waals surface area contributed by atoms with Crippen molar-refractivity contribution in [2.75, 3.05) is 18.0 Å². The summed E-state index contributed by atoms with van der Waals surface area (Å²) < 4.78 is 26.5. The third-order valence-corrected chi connectivity index (χ3v) is 2.41. The molecule has 0 fully saturated rings. The first-order valence-corrected chi connectivity index (χ1v) is 5.26. The molecule has 96 valence electrons. The number of nitro benzene ring substituents is 1. The number of nitrogens with zero attached hydrogens (tertiary/aromatic N) is 3. The lowest BCUT2D eigenvalue weighted by Crippen LogP contribution is -2.25. The zero-order valence-electron chi connectivity index (χ0n) is 9.69. The van der Waals surface area contributed by atoms with Crippen LogP contribution in [0.2, 0.25) is 0 Å². The van der Waals surface area contributed by atoms with Crippen molar-refractivity contribution in [1.82, 2.24) is 0 Å². The second-order valence-electron chi connectivity index (χ2n) is 3.50. The Morgan fingerprint density at radius 3 is 2.67 bits per heavy atom. The molecule has 7 heteroatoms. The van der Waals surface area contributed by atoms with Crippen LogP contribution < -0.4 is 4.90 Å². The summed E-state index contributed by atoms with van der Waals surface area (Å²) in [4.78, 5) is 11.3. The fraction of sp³-hybridized carbons (Fsp3) is 0.364. The smallest absolute Gasteiger partial charge is 0.328 e. The van der Waals surface area contributed by atoms with Crippen molar-refractivity contribution < 1.29 is 13.7 Å². The molecule has 0 spiro atoms. The lowest BCUT2D eigenvalue weighted by Gasteiger charge is -2.21. The molecule has 0 aliphatic carbocycles. The summed E-state index contributed by atoms with van der Waals surface area (Å²) in [5.41, 5.74) is -0.911. The van der Waals surface area contributed by atoms with Crippen LogP contribution in [0.25, 0.3) is 0 Å². The maximum absolute atomic E-state index is 13.4. The molecule has 0 N–H and O–H groups in total. The third kappa shape index (κ3) is 2.91. The second-order valence-corrected chi connectivity index (χ2v) is 3.50. The molecule has 0 atom stereocenters. The molecule has 0 radical (unpaired) electrons. The summed E-state index contributed by atoms with van der Waals surface area (Å²) in [7, 11) is 0. The van der Waals surface area contributed by atoms with Crippen LogP contribution >= 0.6 is 0 Å². The molecule has 5 nitrogen and oxygen atoms in total. The van der Waals surface area contributed by atoms with Gasteiger partial charge in [0.05, 0.1) is 17.4 Å². The zero-order chi connectivity index (χ0) is 13.7. The number of nitro groups is 1. The Bertz CT molecular complexity index is 500. The maximum atomic E-state index is 13.4. The van der Waals surface area contributed by atoms with Gasteiger partial charge in [-0.1, -0.05) is 0 Å². The second kappa shape index (κ2) is 5.91. The van der Waals surface area contributed by atoms with Crippen LogP contribution in [0.15, 0.2) is 12.1 Å². The fourth-order valence-electron chi connectivity index (χ4n) is 1.61. The van der Waals surface area contributed by atoms with E-state index in [0.717, 1.165) is 6.07 Å². The molecule has 1 aromatic carbocycles. The van der Waals surface area contributed by atoms with Crippen molar-refractivity contribution in [1.29, 1.82) is 5.26 Å². The Hall–Kier alpha value is -2.23. The summed E-state index contributed by atoms with van der Waals surface area (Å²) >= 11 is 0. The van der Waals surface area contributed by atoms with Gasteiger partial charge in [0.25, 0.3) is 0 Å². The minimum atomic E-state index is -1.22. The summed E-state index contributed by atoms with van der Waals surface area (Å²) in [5, 5.41) is 19.3. The summed E-state index contributed by atoms with van der Waals surface area (Å²) in [6, 6.07) is 3.26. The van der Waals surface area contributed by atoms with Crippen molar-refractivity contribution in [3.05, 3.63) is 33.9 Å². The summed E-state index contributed by atoms with van der Waals surface area (Å²) in [6.07, 6.45) is 0.114. The Kier molecular flexibility index (Phi) is 4.54. The average molecular weight is 255 g/mol. The van der Waals surface area contributed by atoms with Gasteiger partial charge in [-0.05, 0) is 6.92 Å². The van der Waals surface area contributed by atoms with E-state index in [1.54, 1.807) is 6.92 Å². The van der Waals surface area contributed by atoms with E-state index in [2.05, 4.69) is 0 Å². The topological polar surface area (TPSA) is 70.2 Å². The van der Waals surface area contributed by atoms with E-state index in [-0.39, 0.29) is 18.7 Å². The van der Waals surface area contributed by atoms with Gasteiger partial charge in [-0.2, -0.15) is 9.65 Å². The van der Waals surface area contributed by atoms with Crippen LogP contribution in [0.4, 0.5) is 20.2 Å². The van der Waals surface area contributed by atoms with Gasteiger partial charge in [0.2, 0.25) is 5.82 Å². The van der Waals surface area contributed by atoms with Gasteiger partial charge >= 0.3 is 5.69 Å². The fourth-order valence-corrected chi connectivity index (χ4v) is 1.61. The SMILES string of the molecule is CCN(CCC#N)c1cc(F)cc(F)c1[N+](=O)[O-]. The normalized spacial score (nSPS) is 9.89. The summed E-state index contributed by atoms with van der Waals surface area (Å²) in [6.45, 7) is 2.17. The number of anilines is 1. The molecule has 0 bridgehead atoms. The van der Waals surface area contributed by atoms with Crippen molar-refractivity contribution in [2.45, 2.75) is 13.3 Å². The average Bonchev–Trinajstić information content (AvgIpc) is 2.28. The van der Waals surface area contributed by atoms with Crippen molar-refractivity contribution in [3.8, 4) is 6.07 Å². The minimum Gasteiger partial charge on any atom is -0.365 e. The van der Waals surface area contributed by atoms with Gasteiger partial charge in [-0.3, -0.25) is 10.1 Å². The predicted molar refractivity (Wildman–Crippen MR) is 61.1 cm³/mol. The monoisotopic (exact) mass is 255 g/mol. The van der Waals surface area contributed by atoms with Crippen molar-refractivity contribution in [3.63, 3.8) is 0 Å². The summed E-state index contributed by atoms with van der Waals surface area (Å²) in [5.74, 6) is -2.10. The van der Waals surface area contributed by atoms with E-state index in [9.17, 15) is 18.9 Å². The van der Waals surface area contributed by atoms with E-state index in [1.165, 1.54) is 4.90 Å². The van der Waals surface area contributed by atoms with E-state index in [1.807, 2.05) is 6.07 Å². The third-order valence-electron chi connectivity index (χ3n) is 2.41. The van der Waals surface area contributed by atoms with Crippen LogP contribution in [0.3, 0.4) is 0 Å². The zero-order valence-corrected chi connectivity index (χ0v) is 9.69. The molecule has 0 aliphatic rings. The first kappa shape index (κ1) is 13.8. The van der Waals surface area contributed by atoms with Crippen molar-refractivity contribution in [2.24, 2.45) is 0 Å².